The van der Waals surface area contributed by atoms with E-state index < -0.39 is 0 Å². The van der Waals surface area contributed by atoms with Crippen LogP contribution in [0.15, 0.2) is 11.8 Å². The second-order valence-electron chi connectivity index (χ2n) is 5.17. The van der Waals surface area contributed by atoms with Crippen LogP contribution in [0.25, 0.3) is 0 Å². The third-order valence-electron chi connectivity index (χ3n) is 3.56. The summed E-state index contributed by atoms with van der Waals surface area (Å²) in [5, 5.41) is 8.81. The Hall–Kier alpha value is -1.32. The van der Waals surface area contributed by atoms with Crippen molar-refractivity contribution < 1.29 is 14.7 Å². The van der Waals surface area contributed by atoms with E-state index in [9.17, 15) is 9.59 Å². The Morgan fingerprint density at radius 3 is 2.16 bits per heavy atom. The van der Waals surface area contributed by atoms with Crippen molar-refractivity contribution >= 4 is 11.7 Å². The van der Waals surface area contributed by atoms with Gasteiger partial charge in [0.05, 0.1) is 12.8 Å². The standard InChI is InChI=1S/C15H25NO3/c1-2-3-4-5-6-7-8-9-10-16-11-14(18)13(12-17)15(16)19/h12,17H,2-11H2,1H3/b13-12-. The summed E-state index contributed by atoms with van der Waals surface area (Å²) in [5.41, 5.74) is -0.0698. The zero-order valence-corrected chi connectivity index (χ0v) is 11.9. The zero-order chi connectivity index (χ0) is 14.1. The maximum Gasteiger partial charge on any atom is 0.261 e. The molecule has 4 heteroatoms. The summed E-state index contributed by atoms with van der Waals surface area (Å²) in [6, 6.07) is 0. The molecule has 0 aromatic heterocycles. The highest BCUT2D eigenvalue weighted by Crippen LogP contribution is 2.15. The minimum absolute atomic E-state index is 0.0698. The Balaban J connectivity index is 2.08. The SMILES string of the molecule is CCCCCCCCCCN1CC(=O)/C(=C/O)C1=O. The molecule has 1 fully saturated rings. The molecule has 1 heterocycles. The number of ketones is 1. The molecule has 1 rings (SSSR count). The zero-order valence-electron chi connectivity index (χ0n) is 11.9. The van der Waals surface area contributed by atoms with Crippen molar-refractivity contribution in [3.63, 3.8) is 0 Å². The Kier molecular flexibility index (Phi) is 7.23. The quantitative estimate of drug-likeness (QED) is 0.302. The predicted octanol–water partition coefficient (Wildman–Crippen LogP) is 2.98. The number of carbonyl (C=O) groups excluding carboxylic acids is 2. The lowest BCUT2D eigenvalue weighted by atomic mass is 10.1. The van der Waals surface area contributed by atoms with Crippen molar-refractivity contribution in [1.82, 2.24) is 4.90 Å². The normalized spacial score (nSPS) is 17.7. The van der Waals surface area contributed by atoms with E-state index in [1.165, 1.54) is 43.4 Å². The molecular formula is C15H25NO3. The molecule has 1 amide bonds. The Labute approximate surface area is 115 Å². The highest BCUT2D eigenvalue weighted by atomic mass is 16.2. The fourth-order valence-corrected chi connectivity index (χ4v) is 2.36. The van der Waals surface area contributed by atoms with E-state index in [-0.39, 0.29) is 23.8 Å². The van der Waals surface area contributed by atoms with E-state index in [1.807, 2.05) is 0 Å². The van der Waals surface area contributed by atoms with Crippen molar-refractivity contribution in [2.75, 3.05) is 13.1 Å². The molecule has 1 aliphatic rings. The van der Waals surface area contributed by atoms with E-state index in [2.05, 4.69) is 6.92 Å². The first kappa shape index (κ1) is 15.7. The third-order valence-corrected chi connectivity index (χ3v) is 3.56. The van der Waals surface area contributed by atoms with Gasteiger partial charge < -0.3 is 10.0 Å². The number of nitrogens with zero attached hydrogens (tertiary/aromatic N) is 1. The van der Waals surface area contributed by atoms with Gasteiger partial charge >= 0.3 is 0 Å². The van der Waals surface area contributed by atoms with Crippen LogP contribution in [0.4, 0.5) is 0 Å². The van der Waals surface area contributed by atoms with E-state index in [0.29, 0.717) is 12.8 Å². The first-order valence-electron chi connectivity index (χ1n) is 7.37. The number of carbonyl (C=O) groups is 2. The molecule has 0 aromatic carbocycles. The second-order valence-corrected chi connectivity index (χ2v) is 5.17. The largest absolute Gasteiger partial charge is 0.515 e. The average molecular weight is 267 g/mol. The molecule has 0 spiro atoms. The minimum atomic E-state index is -0.324. The smallest absolute Gasteiger partial charge is 0.261 e. The molecule has 19 heavy (non-hydrogen) atoms. The van der Waals surface area contributed by atoms with E-state index in [0.717, 1.165) is 12.8 Å². The minimum Gasteiger partial charge on any atom is -0.515 e. The van der Waals surface area contributed by atoms with Gasteiger partial charge in [-0.05, 0) is 6.42 Å². The molecule has 0 aliphatic carbocycles. The summed E-state index contributed by atoms with van der Waals surface area (Å²) in [6.45, 7) is 2.96. The predicted molar refractivity (Wildman–Crippen MR) is 74.9 cm³/mol. The van der Waals surface area contributed by atoms with Crippen LogP contribution in [-0.2, 0) is 9.59 Å². The van der Waals surface area contributed by atoms with E-state index in [4.69, 9.17) is 5.11 Å². The van der Waals surface area contributed by atoms with Gasteiger partial charge in [0.1, 0.15) is 5.57 Å². The van der Waals surface area contributed by atoms with E-state index in [1.54, 1.807) is 0 Å². The Morgan fingerprint density at radius 1 is 1.05 bits per heavy atom. The molecule has 4 nitrogen and oxygen atoms in total. The number of hydrogen-bond donors (Lipinski definition) is 1. The molecule has 0 bridgehead atoms. The van der Waals surface area contributed by atoms with E-state index >= 15 is 0 Å². The van der Waals surface area contributed by atoms with Gasteiger partial charge in [-0.25, -0.2) is 0 Å². The van der Waals surface area contributed by atoms with Crippen LogP contribution in [-0.4, -0.2) is 34.8 Å². The van der Waals surface area contributed by atoms with Crippen LogP contribution < -0.4 is 0 Å². The fourth-order valence-electron chi connectivity index (χ4n) is 2.36. The molecule has 0 unspecified atom stereocenters. The number of unbranched alkanes of at least 4 members (excludes halogenated alkanes) is 7. The average Bonchev–Trinajstić information content (AvgIpc) is 2.67. The van der Waals surface area contributed by atoms with Gasteiger partial charge in [0.15, 0.2) is 5.78 Å². The van der Waals surface area contributed by atoms with Crippen molar-refractivity contribution in [2.24, 2.45) is 0 Å². The van der Waals surface area contributed by atoms with Crippen LogP contribution in [0, 0.1) is 0 Å². The molecule has 0 radical (unpaired) electrons. The number of likely N-dealkylation sites (tertiary alicyclic amines) is 1. The van der Waals surface area contributed by atoms with Gasteiger partial charge in [0.2, 0.25) is 0 Å². The van der Waals surface area contributed by atoms with Crippen molar-refractivity contribution in [3.8, 4) is 0 Å². The molecule has 1 aliphatic heterocycles. The molecule has 1 saturated heterocycles. The van der Waals surface area contributed by atoms with Crippen LogP contribution >= 0.6 is 0 Å². The third kappa shape index (κ3) is 5.05. The number of rotatable bonds is 9. The molecule has 0 saturated carbocycles. The lowest BCUT2D eigenvalue weighted by molar-refractivity contribution is -0.125. The molecule has 1 N–H and O–H groups in total. The highest BCUT2D eigenvalue weighted by Gasteiger charge is 2.33. The molecular weight excluding hydrogens is 242 g/mol. The maximum absolute atomic E-state index is 11.7. The fraction of sp³-hybridized carbons (Fsp3) is 0.733. The van der Waals surface area contributed by atoms with Crippen LogP contribution in [0.3, 0.4) is 0 Å². The highest BCUT2D eigenvalue weighted by molar-refractivity contribution is 6.24. The van der Waals surface area contributed by atoms with Crippen molar-refractivity contribution in [1.29, 1.82) is 0 Å². The van der Waals surface area contributed by atoms with Gasteiger partial charge in [-0.15, -0.1) is 0 Å². The summed E-state index contributed by atoms with van der Waals surface area (Å²) >= 11 is 0. The van der Waals surface area contributed by atoms with Crippen molar-refractivity contribution in [3.05, 3.63) is 11.8 Å². The molecule has 0 aromatic rings. The van der Waals surface area contributed by atoms with Crippen molar-refractivity contribution in [2.45, 2.75) is 58.3 Å². The van der Waals surface area contributed by atoms with Gasteiger partial charge in [-0.3, -0.25) is 9.59 Å². The monoisotopic (exact) mass is 267 g/mol. The first-order chi connectivity index (χ1) is 9.20. The second kappa shape index (κ2) is 8.73. The molecule has 108 valence electrons. The summed E-state index contributed by atoms with van der Waals surface area (Å²) in [5.74, 6) is -0.595. The lowest BCUT2D eigenvalue weighted by Gasteiger charge is -2.13. The number of aliphatic hydroxyl groups is 1. The van der Waals surface area contributed by atoms with Crippen LogP contribution in [0.2, 0.25) is 0 Å². The number of amides is 1. The van der Waals surface area contributed by atoms with Gasteiger partial charge in [-0.2, -0.15) is 0 Å². The number of Topliss-reactive ketones (excluding diaryl/α,β-unsaturated/α-hetero) is 1. The summed E-state index contributed by atoms with van der Waals surface area (Å²) in [6.07, 6.45) is 10.3. The van der Waals surface area contributed by atoms with Gasteiger partial charge in [-0.1, -0.05) is 51.9 Å². The van der Waals surface area contributed by atoms with Gasteiger partial charge in [0, 0.05) is 6.54 Å². The Morgan fingerprint density at radius 2 is 1.63 bits per heavy atom. The van der Waals surface area contributed by atoms with Crippen LogP contribution in [0.5, 0.6) is 0 Å². The van der Waals surface area contributed by atoms with Crippen LogP contribution in [0.1, 0.15) is 58.3 Å². The summed E-state index contributed by atoms with van der Waals surface area (Å²) < 4.78 is 0. The number of aliphatic hydroxyl groups excluding tert-OH is 1. The van der Waals surface area contributed by atoms with Gasteiger partial charge in [0.25, 0.3) is 5.91 Å². The number of hydrogen-bond acceptors (Lipinski definition) is 3. The summed E-state index contributed by atoms with van der Waals surface area (Å²) in [7, 11) is 0. The first-order valence-corrected chi connectivity index (χ1v) is 7.37. The summed E-state index contributed by atoms with van der Waals surface area (Å²) in [4.78, 5) is 24.6. The molecule has 0 atom stereocenters. The topological polar surface area (TPSA) is 57.6 Å². The Bertz CT molecular complexity index is 336. The lowest BCUT2D eigenvalue weighted by Crippen LogP contribution is -2.26. The maximum atomic E-state index is 11.7.